The summed E-state index contributed by atoms with van der Waals surface area (Å²) in [5.74, 6) is -1.55. The summed E-state index contributed by atoms with van der Waals surface area (Å²) < 4.78 is 1.23. The SMILES string of the molecule is CC(C(=O)NC(N)=O)n1cc(CCC(=O)O)nn1. The highest BCUT2D eigenvalue weighted by molar-refractivity contribution is 5.95. The van der Waals surface area contributed by atoms with Gasteiger partial charge in [-0.15, -0.1) is 5.10 Å². The summed E-state index contributed by atoms with van der Waals surface area (Å²) in [6.07, 6.45) is 1.61. The van der Waals surface area contributed by atoms with Gasteiger partial charge in [-0.3, -0.25) is 14.9 Å². The molecule has 0 radical (unpaired) electrons. The molecule has 0 spiro atoms. The zero-order chi connectivity index (χ0) is 13.7. The molecule has 1 aromatic rings. The van der Waals surface area contributed by atoms with E-state index < -0.39 is 23.9 Å². The maximum atomic E-state index is 11.4. The van der Waals surface area contributed by atoms with E-state index in [1.165, 1.54) is 17.8 Å². The number of rotatable bonds is 5. The molecule has 0 saturated heterocycles. The third-order valence-corrected chi connectivity index (χ3v) is 2.18. The molecule has 18 heavy (non-hydrogen) atoms. The van der Waals surface area contributed by atoms with E-state index in [0.717, 1.165) is 0 Å². The van der Waals surface area contributed by atoms with E-state index in [1.54, 1.807) is 0 Å². The van der Waals surface area contributed by atoms with Crippen LogP contribution >= 0.6 is 0 Å². The number of aliphatic carboxylic acids is 1. The predicted molar refractivity (Wildman–Crippen MR) is 58.4 cm³/mol. The topological polar surface area (TPSA) is 140 Å². The number of hydrogen-bond donors (Lipinski definition) is 3. The molecule has 0 saturated carbocycles. The van der Waals surface area contributed by atoms with Crippen molar-refractivity contribution in [2.45, 2.75) is 25.8 Å². The molecule has 1 heterocycles. The van der Waals surface area contributed by atoms with Crippen LogP contribution in [0.5, 0.6) is 0 Å². The number of aromatic nitrogens is 3. The summed E-state index contributed by atoms with van der Waals surface area (Å²) in [5, 5.41) is 17.8. The summed E-state index contributed by atoms with van der Waals surface area (Å²) in [6, 6.07) is -1.71. The smallest absolute Gasteiger partial charge is 0.318 e. The minimum absolute atomic E-state index is 0.0689. The molecule has 1 aromatic heterocycles. The van der Waals surface area contributed by atoms with E-state index in [4.69, 9.17) is 10.8 Å². The number of imide groups is 1. The summed E-state index contributed by atoms with van der Waals surface area (Å²) in [4.78, 5) is 32.3. The van der Waals surface area contributed by atoms with Crippen LogP contribution < -0.4 is 11.1 Å². The molecule has 4 N–H and O–H groups in total. The lowest BCUT2D eigenvalue weighted by molar-refractivity contribution is -0.137. The van der Waals surface area contributed by atoms with E-state index in [-0.39, 0.29) is 12.8 Å². The van der Waals surface area contributed by atoms with Crippen LogP contribution in [0.2, 0.25) is 0 Å². The van der Waals surface area contributed by atoms with E-state index in [9.17, 15) is 14.4 Å². The molecule has 1 rings (SSSR count). The molecule has 1 unspecified atom stereocenters. The highest BCUT2D eigenvalue weighted by Crippen LogP contribution is 2.06. The monoisotopic (exact) mass is 255 g/mol. The van der Waals surface area contributed by atoms with E-state index in [1.807, 2.05) is 5.32 Å². The lowest BCUT2D eigenvalue weighted by Gasteiger charge is -2.09. The molecule has 9 heteroatoms. The average Bonchev–Trinajstić information content (AvgIpc) is 2.72. The number of carboxylic acids is 1. The summed E-state index contributed by atoms with van der Waals surface area (Å²) in [5.41, 5.74) is 5.27. The number of nitrogens with zero attached hydrogens (tertiary/aromatic N) is 3. The first kappa shape index (κ1) is 13.6. The molecule has 98 valence electrons. The van der Waals surface area contributed by atoms with Crippen molar-refractivity contribution in [3.05, 3.63) is 11.9 Å². The second kappa shape index (κ2) is 5.75. The second-order valence-corrected chi connectivity index (χ2v) is 3.61. The fraction of sp³-hybridized carbons (Fsp3) is 0.444. The molecular weight excluding hydrogens is 242 g/mol. The number of carbonyl (C=O) groups excluding carboxylic acids is 2. The number of nitrogens with one attached hydrogen (secondary N) is 1. The fourth-order valence-electron chi connectivity index (χ4n) is 1.20. The molecule has 9 nitrogen and oxygen atoms in total. The van der Waals surface area contributed by atoms with Gasteiger partial charge in [0, 0.05) is 12.6 Å². The fourth-order valence-corrected chi connectivity index (χ4v) is 1.20. The maximum Gasteiger partial charge on any atom is 0.318 e. The summed E-state index contributed by atoms with van der Waals surface area (Å²) in [7, 11) is 0. The molecule has 0 aromatic carbocycles. The molecule has 1 atom stereocenters. The molecule has 0 aliphatic heterocycles. The van der Waals surface area contributed by atoms with Crippen LogP contribution in [0.3, 0.4) is 0 Å². The van der Waals surface area contributed by atoms with Crippen molar-refractivity contribution >= 4 is 17.9 Å². The van der Waals surface area contributed by atoms with Crippen LogP contribution in [0.4, 0.5) is 4.79 Å². The highest BCUT2D eigenvalue weighted by atomic mass is 16.4. The van der Waals surface area contributed by atoms with Crippen LogP contribution in [-0.2, 0) is 16.0 Å². The largest absolute Gasteiger partial charge is 0.481 e. The van der Waals surface area contributed by atoms with Crippen LogP contribution in [0.15, 0.2) is 6.20 Å². The molecule has 3 amide bonds. The van der Waals surface area contributed by atoms with Crippen LogP contribution in [0, 0.1) is 0 Å². The first-order chi connectivity index (χ1) is 8.40. The van der Waals surface area contributed by atoms with Crippen molar-refractivity contribution in [3.8, 4) is 0 Å². The number of nitrogens with two attached hydrogens (primary N) is 1. The lowest BCUT2D eigenvalue weighted by Crippen LogP contribution is -2.39. The van der Waals surface area contributed by atoms with E-state index in [2.05, 4.69) is 10.3 Å². The average molecular weight is 255 g/mol. The van der Waals surface area contributed by atoms with Crippen molar-refractivity contribution in [2.75, 3.05) is 0 Å². The van der Waals surface area contributed by atoms with Gasteiger partial charge in [0.2, 0.25) is 0 Å². The van der Waals surface area contributed by atoms with Gasteiger partial charge in [0.05, 0.1) is 12.1 Å². The van der Waals surface area contributed by atoms with Gasteiger partial charge in [-0.25, -0.2) is 9.48 Å². The van der Waals surface area contributed by atoms with Gasteiger partial charge < -0.3 is 10.8 Å². The molecular formula is C9H13N5O4. The summed E-state index contributed by atoms with van der Waals surface area (Å²) >= 11 is 0. The quantitative estimate of drug-likeness (QED) is 0.619. The number of aryl methyl sites for hydroxylation is 1. The molecule has 0 aliphatic rings. The van der Waals surface area contributed by atoms with Gasteiger partial charge in [-0.1, -0.05) is 5.21 Å². The highest BCUT2D eigenvalue weighted by Gasteiger charge is 2.18. The Kier molecular flexibility index (Phi) is 4.35. The number of carboxylic acid groups (broad SMARTS) is 1. The number of urea groups is 1. The summed E-state index contributed by atoms with van der Waals surface area (Å²) in [6.45, 7) is 1.51. The molecule has 0 aliphatic carbocycles. The van der Waals surface area contributed by atoms with Crippen molar-refractivity contribution in [2.24, 2.45) is 5.73 Å². The van der Waals surface area contributed by atoms with Crippen molar-refractivity contribution in [3.63, 3.8) is 0 Å². The first-order valence-electron chi connectivity index (χ1n) is 5.13. The Morgan fingerprint density at radius 2 is 2.22 bits per heavy atom. The zero-order valence-electron chi connectivity index (χ0n) is 9.66. The van der Waals surface area contributed by atoms with E-state index >= 15 is 0 Å². The third kappa shape index (κ3) is 3.85. The number of carbonyl (C=O) groups is 3. The van der Waals surface area contributed by atoms with Crippen LogP contribution in [0.1, 0.15) is 25.1 Å². The molecule has 0 fully saturated rings. The van der Waals surface area contributed by atoms with Gasteiger partial charge in [0.15, 0.2) is 0 Å². The normalized spacial score (nSPS) is 11.8. The van der Waals surface area contributed by atoms with Gasteiger partial charge in [-0.2, -0.15) is 0 Å². The van der Waals surface area contributed by atoms with Crippen molar-refractivity contribution in [1.82, 2.24) is 20.3 Å². The first-order valence-corrected chi connectivity index (χ1v) is 5.13. The number of hydrogen-bond acceptors (Lipinski definition) is 5. The standard InChI is InChI=1S/C9H13N5O4/c1-5(8(17)11-9(10)18)14-4-6(12-13-14)2-3-7(15)16/h4-5H,2-3H2,1H3,(H,15,16)(H3,10,11,17,18). The van der Waals surface area contributed by atoms with Crippen LogP contribution in [0.25, 0.3) is 0 Å². The van der Waals surface area contributed by atoms with Crippen molar-refractivity contribution in [1.29, 1.82) is 0 Å². The van der Waals surface area contributed by atoms with Gasteiger partial charge >= 0.3 is 12.0 Å². The maximum absolute atomic E-state index is 11.4. The Hall–Kier alpha value is -2.45. The minimum Gasteiger partial charge on any atom is -0.481 e. The molecule has 0 bridgehead atoms. The zero-order valence-corrected chi connectivity index (χ0v) is 9.66. The van der Waals surface area contributed by atoms with Gasteiger partial charge in [0.25, 0.3) is 5.91 Å². The Balaban J connectivity index is 2.64. The van der Waals surface area contributed by atoms with Gasteiger partial charge in [0.1, 0.15) is 6.04 Å². The Morgan fingerprint density at radius 1 is 1.56 bits per heavy atom. The second-order valence-electron chi connectivity index (χ2n) is 3.61. The Bertz CT molecular complexity index is 469. The predicted octanol–water partition coefficient (Wildman–Crippen LogP) is -0.949. The lowest BCUT2D eigenvalue weighted by atomic mass is 10.2. The Labute approximate surface area is 102 Å². The van der Waals surface area contributed by atoms with Crippen molar-refractivity contribution < 1.29 is 19.5 Å². The third-order valence-electron chi connectivity index (χ3n) is 2.18. The van der Waals surface area contributed by atoms with E-state index in [0.29, 0.717) is 5.69 Å². The Morgan fingerprint density at radius 3 is 2.78 bits per heavy atom. The minimum atomic E-state index is -0.946. The number of primary amides is 1. The van der Waals surface area contributed by atoms with Gasteiger partial charge in [-0.05, 0) is 6.92 Å². The van der Waals surface area contributed by atoms with Crippen LogP contribution in [-0.4, -0.2) is 38.0 Å². The number of amides is 3.